The quantitative estimate of drug-likeness (QED) is 0.321. The fraction of sp³-hybridized carbons (Fsp3) is 0.562. The number of hydrogen-bond acceptors (Lipinski definition) is 9. The Bertz CT molecular complexity index is 1580. The van der Waals surface area contributed by atoms with Crippen molar-refractivity contribution < 1.29 is 36.3 Å². The van der Waals surface area contributed by atoms with Crippen LogP contribution in [0.3, 0.4) is 0 Å². The van der Waals surface area contributed by atoms with E-state index in [0.717, 1.165) is 44.3 Å². The van der Waals surface area contributed by atoms with Gasteiger partial charge in [0.2, 0.25) is 10.0 Å². The molecule has 14 heteroatoms. The lowest BCUT2D eigenvalue weighted by atomic mass is 9.93. The van der Waals surface area contributed by atoms with Gasteiger partial charge in [0.05, 0.1) is 35.8 Å². The molecule has 0 aromatic heterocycles. The summed E-state index contributed by atoms with van der Waals surface area (Å²) in [5.41, 5.74) is 9.06. The summed E-state index contributed by atoms with van der Waals surface area (Å²) >= 11 is 0. The maximum absolute atomic E-state index is 13.9. The molecule has 4 N–H and O–H groups in total. The fourth-order valence-electron chi connectivity index (χ4n) is 6.54. The number of alkyl halides is 2. The number of halogens is 2. The number of nitrogens with zero attached hydrogens (tertiary/aromatic N) is 2. The summed E-state index contributed by atoms with van der Waals surface area (Å²) in [4.78, 5) is 29.2. The highest BCUT2D eigenvalue weighted by Crippen LogP contribution is 2.54. The van der Waals surface area contributed by atoms with Crippen LogP contribution in [0.4, 0.5) is 31.5 Å². The molecule has 2 saturated heterocycles. The van der Waals surface area contributed by atoms with Crippen LogP contribution in [0.1, 0.15) is 60.9 Å². The second-order valence-corrected chi connectivity index (χ2v) is 14.6. The topological polar surface area (TPSA) is 143 Å². The summed E-state index contributed by atoms with van der Waals surface area (Å²) in [6.45, 7) is 1.74. The van der Waals surface area contributed by atoms with Gasteiger partial charge in [0.25, 0.3) is 11.8 Å². The molecule has 1 spiro atoms. The minimum atomic E-state index is -3.86. The normalized spacial score (nSPS) is 20.0. The summed E-state index contributed by atoms with van der Waals surface area (Å²) < 4.78 is 66.7. The number of hydrogen-bond donors (Lipinski definition) is 3. The summed E-state index contributed by atoms with van der Waals surface area (Å²) in [6, 6.07) is 8.49. The number of sulfonamides is 1. The van der Waals surface area contributed by atoms with E-state index in [4.69, 9.17) is 15.2 Å². The molecule has 1 amide bonds. The Balaban J connectivity index is 1.25. The zero-order valence-corrected chi connectivity index (χ0v) is 26.6. The number of benzene rings is 2. The molecule has 11 nitrogen and oxygen atoms in total. The predicted molar refractivity (Wildman–Crippen MR) is 172 cm³/mol. The van der Waals surface area contributed by atoms with Crippen LogP contribution >= 0.6 is 0 Å². The van der Waals surface area contributed by atoms with Gasteiger partial charge in [-0.25, -0.2) is 17.2 Å². The van der Waals surface area contributed by atoms with E-state index in [0.29, 0.717) is 46.1 Å². The van der Waals surface area contributed by atoms with Crippen LogP contribution in [0, 0.1) is 5.41 Å². The second-order valence-electron chi connectivity index (χ2n) is 12.8. The van der Waals surface area contributed by atoms with Crippen molar-refractivity contribution >= 4 is 44.6 Å². The van der Waals surface area contributed by atoms with E-state index in [1.165, 1.54) is 18.9 Å². The lowest BCUT2D eigenvalue weighted by molar-refractivity contribution is -0.141. The van der Waals surface area contributed by atoms with Crippen LogP contribution in [-0.4, -0.2) is 77.9 Å². The van der Waals surface area contributed by atoms with Gasteiger partial charge in [-0.2, -0.15) is 0 Å². The molecule has 3 fully saturated rings. The van der Waals surface area contributed by atoms with E-state index >= 15 is 0 Å². The van der Waals surface area contributed by atoms with E-state index in [1.54, 1.807) is 18.2 Å². The molecule has 1 saturated carbocycles. The Morgan fingerprint density at radius 2 is 1.61 bits per heavy atom. The molecule has 46 heavy (non-hydrogen) atoms. The zero-order chi connectivity index (χ0) is 32.5. The van der Waals surface area contributed by atoms with Gasteiger partial charge in [-0.05, 0) is 79.8 Å². The summed E-state index contributed by atoms with van der Waals surface area (Å²) in [6.07, 6.45) is 5.50. The molecule has 0 unspecified atom stereocenters. The maximum atomic E-state index is 13.9. The van der Waals surface area contributed by atoms with Gasteiger partial charge in [-0.1, -0.05) is 0 Å². The summed E-state index contributed by atoms with van der Waals surface area (Å²) in [5, 5.41) is 3.03. The molecule has 250 valence electrons. The zero-order valence-electron chi connectivity index (χ0n) is 25.8. The van der Waals surface area contributed by atoms with Crippen molar-refractivity contribution in [1.29, 1.82) is 0 Å². The number of nitrogens with two attached hydrogens (primary N) is 1. The monoisotopic (exact) mass is 661 g/mol. The van der Waals surface area contributed by atoms with Gasteiger partial charge >= 0.3 is 5.97 Å². The molecule has 0 radical (unpaired) electrons. The SMILES string of the molecule is NCC(=O)OCCS(=O)(=O)Nc1ccc(C(=O)Nc2cc3c(c(N4CCC(F)(F)CC4)c2)OCCC3)c(N2CCC3(CC2)CC3)c1. The number of anilines is 4. The number of fused-ring (bicyclic) bond motifs is 1. The number of piperidine rings is 2. The fourth-order valence-corrected chi connectivity index (χ4v) is 7.43. The van der Waals surface area contributed by atoms with Crippen LogP contribution in [0.25, 0.3) is 0 Å². The minimum Gasteiger partial charge on any atom is -0.491 e. The number of rotatable bonds is 10. The third-order valence-electron chi connectivity index (χ3n) is 9.50. The number of carbonyl (C=O) groups is 2. The lowest BCUT2D eigenvalue weighted by Crippen LogP contribution is -2.39. The number of nitrogens with one attached hydrogen (secondary N) is 2. The Morgan fingerprint density at radius 3 is 2.30 bits per heavy atom. The van der Waals surface area contributed by atoms with Crippen molar-refractivity contribution in [1.82, 2.24) is 0 Å². The van der Waals surface area contributed by atoms with Crippen molar-refractivity contribution in [3.63, 3.8) is 0 Å². The number of amides is 1. The van der Waals surface area contributed by atoms with Gasteiger partial charge < -0.3 is 30.3 Å². The number of aryl methyl sites for hydroxylation is 1. The van der Waals surface area contributed by atoms with Crippen LogP contribution in [0.15, 0.2) is 30.3 Å². The Morgan fingerprint density at radius 1 is 0.935 bits per heavy atom. The smallest absolute Gasteiger partial charge is 0.319 e. The first-order valence-corrected chi connectivity index (χ1v) is 17.6. The first-order chi connectivity index (χ1) is 21.9. The average Bonchev–Trinajstić information content (AvgIpc) is 3.79. The molecular weight excluding hydrogens is 620 g/mol. The summed E-state index contributed by atoms with van der Waals surface area (Å²) in [7, 11) is -3.86. The Labute approximate surface area is 267 Å². The van der Waals surface area contributed by atoms with Gasteiger partial charge in [-0.15, -0.1) is 0 Å². The van der Waals surface area contributed by atoms with Crippen molar-refractivity contribution in [3.8, 4) is 5.75 Å². The van der Waals surface area contributed by atoms with Crippen LogP contribution in [-0.2, 0) is 26.0 Å². The molecule has 6 rings (SSSR count). The minimum absolute atomic E-state index is 0.188. The molecule has 3 aliphatic heterocycles. The van der Waals surface area contributed by atoms with Gasteiger partial charge in [0, 0.05) is 44.7 Å². The van der Waals surface area contributed by atoms with E-state index in [2.05, 4.69) is 14.9 Å². The van der Waals surface area contributed by atoms with Gasteiger partial charge in [0.1, 0.15) is 18.1 Å². The van der Waals surface area contributed by atoms with Crippen LogP contribution in [0.5, 0.6) is 5.75 Å². The second kappa shape index (κ2) is 12.9. The van der Waals surface area contributed by atoms with Crippen LogP contribution < -0.4 is 30.3 Å². The molecule has 0 atom stereocenters. The third-order valence-corrected chi connectivity index (χ3v) is 10.7. The summed E-state index contributed by atoms with van der Waals surface area (Å²) in [5.74, 6) is -3.50. The standard InChI is InChI=1S/C32H41F2N5O6S/c33-32(34)9-13-39(14-10-32)27-20-24(18-22-2-1-15-45-29(22)27)36-30(41)25-4-3-23(37-46(42,43)17-16-44-28(40)21-35)19-26(25)38-11-7-31(5-6-31)8-12-38/h3-4,18-20,37H,1-2,5-17,21,35H2,(H,36,41). The largest absolute Gasteiger partial charge is 0.491 e. The molecule has 2 aromatic rings. The van der Waals surface area contributed by atoms with E-state index in [1.807, 2.05) is 11.0 Å². The molecule has 4 aliphatic rings. The van der Waals surface area contributed by atoms with E-state index < -0.39 is 27.7 Å². The number of ether oxygens (including phenoxy) is 2. The van der Waals surface area contributed by atoms with E-state index in [-0.39, 0.29) is 45.0 Å². The highest BCUT2D eigenvalue weighted by molar-refractivity contribution is 7.92. The lowest BCUT2D eigenvalue weighted by Gasteiger charge is -2.36. The number of esters is 1. The Hall–Kier alpha value is -3.65. The molecule has 2 aromatic carbocycles. The number of carbonyl (C=O) groups excluding carboxylic acids is 2. The molecular formula is C32H41F2N5O6S. The van der Waals surface area contributed by atoms with Crippen molar-refractivity contribution in [2.75, 3.05) is 71.5 Å². The third kappa shape index (κ3) is 7.49. The van der Waals surface area contributed by atoms with E-state index in [9.17, 15) is 26.8 Å². The predicted octanol–water partition coefficient (Wildman–Crippen LogP) is 4.12. The highest BCUT2D eigenvalue weighted by Gasteiger charge is 2.44. The first kappa shape index (κ1) is 32.3. The average molecular weight is 662 g/mol. The molecule has 1 aliphatic carbocycles. The first-order valence-electron chi connectivity index (χ1n) is 15.9. The van der Waals surface area contributed by atoms with Gasteiger partial charge in [0.15, 0.2) is 0 Å². The van der Waals surface area contributed by atoms with Crippen LogP contribution in [0.2, 0.25) is 0 Å². The van der Waals surface area contributed by atoms with Crippen molar-refractivity contribution in [2.45, 2.75) is 57.3 Å². The highest BCUT2D eigenvalue weighted by atomic mass is 32.2. The molecule has 3 heterocycles. The Kier molecular flexibility index (Phi) is 9.03. The maximum Gasteiger partial charge on any atom is 0.319 e. The van der Waals surface area contributed by atoms with Crippen molar-refractivity contribution in [3.05, 3.63) is 41.5 Å². The van der Waals surface area contributed by atoms with Gasteiger partial charge in [-0.3, -0.25) is 14.3 Å². The molecule has 0 bridgehead atoms. The van der Waals surface area contributed by atoms with Crippen molar-refractivity contribution in [2.24, 2.45) is 11.1 Å².